The second-order valence-corrected chi connectivity index (χ2v) is 9.43. The van der Waals surface area contributed by atoms with Gasteiger partial charge in [0.25, 0.3) is 0 Å². The molecule has 1 aromatic heterocycles. The van der Waals surface area contributed by atoms with E-state index in [2.05, 4.69) is 25.8 Å². The minimum Gasteiger partial charge on any atom is -0.480 e. The van der Waals surface area contributed by atoms with Crippen LogP contribution in [-0.4, -0.2) is 58.8 Å². The van der Waals surface area contributed by atoms with Crippen LogP contribution in [0.15, 0.2) is 16.6 Å². The van der Waals surface area contributed by atoms with E-state index >= 15 is 0 Å². The fourth-order valence-electron chi connectivity index (χ4n) is 3.80. The molecule has 1 amide bonds. The van der Waals surface area contributed by atoms with Crippen LogP contribution in [0.25, 0.3) is 11.0 Å². The lowest BCUT2D eigenvalue weighted by Crippen LogP contribution is -2.59. The second-order valence-electron chi connectivity index (χ2n) is 8.57. The highest BCUT2D eigenvalue weighted by molar-refractivity contribution is 9.10. The molecule has 1 aromatic carbocycles. The van der Waals surface area contributed by atoms with E-state index in [1.807, 2.05) is 58.6 Å². The molecule has 8 heteroatoms. The van der Waals surface area contributed by atoms with E-state index in [0.717, 1.165) is 26.9 Å². The molecule has 158 valence electrons. The van der Waals surface area contributed by atoms with Crippen LogP contribution in [0.5, 0.6) is 5.88 Å². The molecule has 1 saturated heterocycles. The van der Waals surface area contributed by atoms with Crippen LogP contribution in [0.2, 0.25) is 0 Å². The number of hydrogen-bond acceptors (Lipinski definition) is 6. The zero-order valence-electron chi connectivity index (χ0n) is 18.1. The number of hydrogen-bond donors (Lipinski definition) is 0. The normalized spacial score (nSPS) is 20.1. The van der Waals surface area contributed by atoms with Gasteiger partial charge in [0.1, 0.15) is 22.3 Å². The van der Waals surface area contributed by atoms with E-state index < -0.39 is 5.60 Å². The zero-order valence-corrected chi connectivity index (χ0v) is 19.7. The average Bonchev–Trinajstić information content (AvgIpc) is 2.59. The maximum atomic E-state index is 12.7. The highest BCUT2D eigenvalue weighted by Crippen LogP contribution is 2.34. The first-order valence-electron chi connectivity index (χ1n) is 9.79. The number of halogens is 1. The lowest BCUT2D eigenvalue weighted by molar-refractivity contribution is 0.00568. The van der Waals surface area contributed by atoms with Gasteiger partial charge in [-0.15, -0.1) is 0 Å². The number of ether oxygens (including phenoxy) is 2. The molecule has 0 spiro atoms. The Morgan fingerprint density at radius 3 is 2.31 bits per heavy atom. The summed E-state index contributed by atoms with van der Waals surface area (Å²) in [5, 5.41) is 0. The number of methoxy groups -OCH3 is 1. The molecule has 0 aliphatic carbocycles. The molecule has 2 atom stereocenters. The number of aromatic nitrogens is 2. The first kappa shape index (κ1) is 21.6. The van der Waals surface area contributed by atoms with Gasteiger partial charge in [0, 0.05) is 17.6 Å². The van der Waals surface area contributed by atoms with E-state index in [0.29, 0.717) is 19.0 Å². The molecule has 29 heavy (non-hydrogen) atoms. The van der Waals surface area contributed by atoms with Crippen molar-refractivity contribution < 1.29 is 14.3 Å². The van der Waals surface area contributed by atoms with Crippen molar-refractivity contribution >= 4 is 38.7 Å². The fraction of sp³-hybridized carbons (Fsp3) is 0.571. The maximum absolute atomic E-state index is 12.7. The van der Waals surface area contributed by atoms with Crippen molar-refractivity contribution in [3.63, 3.8) is 0 Å². The Morgan fingerprint density at radius 1 is 1.14 bits per heavy atom. The number of benzene rings is 1. The zero-order chi connectivity index (χ0) is 21.5. The number of nitrogens with zero attached hydrogens (tertiary/aromatic N) is 4. The number of amides is 1. The average molecular weight is 465 g/mol. The van der Waals surface area contributed by atoms with Gasteiger partial charge in [0.2, 0.25) is 5.88 Å². The summed E-state index contributed by atoms with van der Waals surface area (Å²) in [6, 6.07) is 4.02. The lowest BCUT2D eigenvalue weighted by Gasteiger charge is -2.45. The van der Waals surface area contributed by atoms with Crippen LogP contribution in [0.4, 0.5) is 10.5 Å². The van der Waals surface area contributed by atoms with Crippen LogP contribution < -0.4 is 9.64 Å². The number of anilines is 1. The Morgan fingerprint density at radius 2 is 1.76 bits per heavy atom. The van der Waals surface area contributed by atoms with Crippen molar-refractivity contribution in [2.24, 2.45) is 0 Å². The summed E-state index contributed by atoms with van der Waals surface area (Å²) in [5.74, 6) is 0.519. The minimum absolute atomic E-state index is 0.00685. The third-order valence-corrected chi connectivity index (χ3v) is 5.58. The Kier molecular flexibility index (Phi) is 5.94. The molecule has 0 bridgehead atoms. The smallest absolute Gasteiger partial charge is 0.410 e. The van der Waals surface area contributed by atoms with Crippen molar-refractivity contribution in [2.45, 2.75) is 59.2 Å². The summed E-state index contributed by atoms with van der Waals surface area (Å²) in [6.45, 7) is 13.0. The summed E-state index contributed by atoms with van der Waals surface area (Å²) in [5.41, 5.74) is 2.80. The standard InChI is InChI=1S/C21H29BrN4O3/c1-12-10-25(11-13(2)26(12)20(27)29-21(4,5)6)16-9-8-15(22)17-18(16)24-19(28-7)14(3)23-17/h8-9,12-13H,10-11H2,1-7H3. The van der Waals surface area contributed by atoms with Crippen LogP contribution in [0.1, 0.15) is 40.3 Å². The van der Waals surface area contributed by atoms with Gasteiger partial charge in [-0.3, -0.25) is 4.90 Å². The molecule has 2 unspecified atom stereocenters. The number of carbonyl (C=O) groups excluding carboxylic acids is 1. The predicted molar refractivity (Wildman–Crippen MR) is 118 cm³/mol. The van der Waals surface area contributed by atoms with Crippen molar-refractivity contribution in [1.82, 2.24) is 14.9 Å². The molecule has 7 nitrogen and oxygen atoms in total. The van der Waals surface area contributed by atoms with Gasteiger partial charge >= 0.3 is 6.09 Å². The summed E-state index contributed by atoms with van der Waals surface area (Å²) < 4.78 is 11.9. The summed E-state index contributed by atoms with van der Waals surface area (Å²) in [4.78, 5) is 26.2. The van der Waals surface area contributed by atoms with Crippen molar-refractivity contribution in [3.05, 3.63) is 22.3 Å². The van der Waals surface area contributed by atoms with Crippen LogP contribution in [-0.2, 0) is 4.74 Å². The van der Waals surface area contributed by atoms with E-state index in [-0.39, 0.29) is 18.2 Å². The number of carbonyl (C=O) groups is 1. The third kappa shape index (κ3) is 4.42. The van der Waals surface area contributed by atoms with Crippen molar-refractivity contribution in [3.8, 4) is 5.88 Å². The van der Waals surface area contributed by atoms with Gasteiger partial charge in [-0.2, -0.15) is 0 Å². The largest absolute Gasteiger partial charge is 0.480 e. The Balaban J connectivity index is 1.94. The summed E-state index contributed by atoms with van der Waals surface area (Å²) >= 11 is 3.58. The maximum Gasteiger partial charge on any atom is 0.410 e. The molecule has 0 saturated carbocycles. The molecule has 3 rings (SSSR count). The minimum atomic E-state index is -0.514. The Hall–Kier alpha value is -2.09. The summed E-state index contributed by atoms with van der Waals surface area (Å²) in [6.07, 6.45) is -0.269. The number of fused-ring (bicyclic) bond motifs is 1. The number of piperazine rings is 1. The fourth-order valence-corrected chi connectivity index (χ4v) is 4.21. The van der Waals surface area contributed by atoms with E-state index in [9.17, 15) is 4.79 Å². The quantitative estimate of drug-likeness (QED) is 0.649. The molecule has 0 N–H and O–H groups in total. The van der Waals surface area contributed by atoms with Crippen LogP contribution in [0.3, 0.4) is 0 Å². The molecular weight excluding hydrogens is 436 g/mol. The first-order valence-corrected chi connectivity index (χ1v) is 10.6. The van der Waals surface area contributed by atoms with E-state index in [1.165, 1.54) is 0 Å². The van der Waals surface area contributed by atoms with Gasteiger partial charge in [-0.05, 0) is 69.6 Å². The molecule has 1 aliphatic heterocycles. The van der Waals surface area contributed by atoms with Crippen LogP contribution >= 0.6 is 15.9 Å². The van der Waals surface area contributed by atoms with Crippen LogP contribution in [0, 0.1) is 6.92 Å². The van der Waals surface area contributed by atoms with E-state index in [4.69, 9.17) is 14.5 Å². The monoisotopic (exact) mass is 464 g/mol. The van der Waals surface area contributed by atoms with Crippen molar-refractivity contribution in [2.75, 3.05) is 25.1 Å². The van der Waals surface area contributed by atoms with Gasteiger partial charge in [-0.25, -0.2) is 14.8 Å². The molecular formula is C21H29BrN4O3. The molecule has 0 radical (unpaired) electrons. The molecule has 1 fully saturated rings. The van der Waals surface area contributed by atoms with Gasteiger partial charge in [-0.1, -0.05) is 0 Å². The lowest BCUT2D eigenvalue weighted by atomic mass is 10.1. The van der Waals surface area contributed by atoms with E-state index in [1.54, 1.807) is 7.11 Å². The Bertz CT molecular complexity index is 916. The van der Waals surface area contributed by atoms with Crippen molar-refractivity contribution in [1.29, 1.82) is 0 Å². The highest BCUT2D eigenvalue weighted by atomic mass is 79.9. The third-order valence-electron chi connectivity index (χ3n) is 4.94. The predicted octanol–water partition coefficient (Wildman–Crippen LogP) is 4.54. The number of aryl methyl sites for hydroxylation is 1. The number of rotatable bonds is 2. The Labute approximate surface area is 180 Å². The first-order chi connectivity index (χ1) is 13.5. The van der Waals surface area contributed by atoms with Gasteiger partial charge < -0.3 is 14.4 Å². The highest BCUT2D eigenvalue weighted by Gasteiger charge is 2.36. The topological polar surface area (TPSA) is 67.8 Å². The van der Waals surface area contributed by atoms with Gasteiger partial charge in [0.15, 0.2) is 0 Å². The molecule has 1 aliphatic rings. The molecule has 2 heterocycles. The SMILES string of the molecule is COc1nc2c(N3CC(C)N(C(=O)OC(C)(C)C)C(C)C3)ccc(Br)c2nc1C. The second kappa shape index (κ2) is 7.97. The summed E-state index contributed by atoms with van der Waals surface area (Å²) in [7, 11) is 1.60. The molecule has 2 aromatic rings. The van der Waals surface area contributed by atoms with Gasteiger partial charge in [0.05, 0.1) is 24.9 Å².